The molecule has 3 aromatic rings. The van der Waals surface area contributed by atoms with Gasteiger partial charge in [-0.25, -0.2) is 4.98 Å². The average Bonchev–Trinajstić information content (AvgIpc) is 3.36. The van der Waals surface area contributed by atoms with E-state index in [4.69, 9.17) is 5.73 Å². The smallest absolute Gasteiger partial charge is 0.244 e. The van der Waals surface area contributed by atoms with E-state index < -0.39 is 5.54 Å². The third kappa shape index (κ3) is 4.04. The normalized spacial score (nSPS) is 16.8. The van der Waals surface area contributed by atoms with Crippen LogP contribution in [-0.4, -0.2) is 35.5 Å². The van der Waals surface area contributed by atoms with Crippen LogP contribution in [0.5, 0.6) is 0 Å². The van der Waals surface area contributed by atoms with E-state index in [1.807, 2.05) is 54.2 Å². The lowest BCUT2D eigenvalue weighted by atomic mass is 9.77. The predicted molar refractivity (Wildman–Crippen MR) is 121 cm³/mol. The van der Waals surface area contributed by atoms with E-state index in [2.05, 4.69) is 30.1 Å². The van der Waals surface area contributed by atoms with E-state index >= 15 is 0 Å². The van der Waals surface area contributed by atoms with E-state index in [1.165, 1.54) is 0 Å². The highest BCUT2D eigenvalue weighted by atomic mass is 32.2. The SMILES string of the molecule is Cc1cc(NC2=CN(Sc3ccc(NC(=O)C4(N)CCC4)cc3)Cc3nccn32)n[nH]1. The monoisotopic (exact) mass is 436 g/mol. The maximum atomic E-state index is 12.3. The second-order valence-corrected chi connectivity index (χ2v) is 9.07. The molecule has 0 radical (unpaired) electrons. The molecule has 3 heterocycles. The lowest BCUT2D eigenvalue weighted by molar-refractivity contribution is -0.123. The highest BCUT2D eigenvalue weighted by molar-refractivity contribution is 7.97. The van der Waals surface area contributed by atoms with Crippen LogP contribution in [0.2, 0.25) is 0 Å². The fourth-order valence-electron chi connectivity index (χ4n) is 3.59. The number of amides is 1. The number of benzene rings is 1. The van der Waals surface area contributed by atoms with Gasteiger partial charge in [0.05, 0.1) is 18.3 Å². The van der Waals surface area contributed by atoms with Crippen molar-refractivity contribution in [3.05, 3.63) is 60.4 Å². The molecule has 0 spiro atoms. The number of nitrogens with one attached hydrogen (secondary N) is 3. The van der Waals surface area contributed by atoms with Crippen molar-refractivity contribution in [1.29, 1.82) is 0 Å². The molecule has 1 fully saturated rings. The Labute approximate surface area is 184 Å². The van der Waals surface area contributed by atoms with Gasteiger partial charge in [-0.15, -0.1) is 0 Å². The molecule has 0 unspecified atom stereocenters. The Morgan fingerprint density at radius 3 is 2.77 bits per heavy atom. The summed E-state index contributed by atoms with van der Waals surface area (Å²) in [6.45, 7) is 2.63. The van der Waals surface area contributed by atoms with Crippen LogP contribution in [0.25, 0.3) is 5.82 Å². The number of carbonyl (C=O) groups is 1. The first kappa shape index (κ1) is 19.7. The average molecular weight is 437 g/mol. The van der Waals surface area contributed by atoms with Crippen LogP contribution < -0.4 is 16.4 Å². The molecule has 160 valence electrons. The van der Waals surface area contributed by atoms with Crippen LogP contribution in [0.15, 0.2) is 53.8 Å². The van der Waals surface area contributed by atoms with Gasteiger partial charge in [0.1, 0.15) is 11.6 Å². The summed E-state index contributed by atoms with van der Waals surface area (Å²) in [7, 11) is 0. The Morgan fingerprint density at radius 1 is 1.29 bits per heavy atom. The molecule has 0 saturated heterocycles. The number of imidazole rings is 1. The minimum absolute atomic E-state index is 0.103. The second-order valence-electron chi connectivity index (χ2n) is 7.94. The summed E-state index contributed by atoms with van der Waals surface area (Å²) < 4.78 is 4.13. The Balaban J connectivity index is 1.28. The molecular weight excluding hydrogens is 412 g/mol. The molecule has 0 bridgehead atoms. The summed E-state index contributed by atoms with van der Waals surface area (Å²) in [4.78, 5) is 17.8. The first-order valence-electron chi connectivity index (χ1n) is 10.2. The molecule has 1 saturated carbocycles. The lowest BCUT2D eigenvalue weighted by Crippen LogP contribution is -2.56. The van der Waals surface area contributed by atoms with Gasteiger partial charge >= 0.3 is 0 Å². The number of carbonyl (C=O) groups excluding carboxylic acids is 1. The van der Waals surface area contributed by atoms with Gasteiger partial charge in [0.2, 0.25) is 5.91 Å². The van der Waals surface area contributed by atoms with Crippen molar-refractivity contribution in [2.45, 2.75) is 43.2 Å². The van der Waals surface area contributed by atoms with E-state index in [0.29, 0.717) is 6.54 Å². The highest BCUT2D eigenvalue weighted by Gasteiger charge is 2.40. The Hall–Kier alpha value is -3.24. The molecule has 1 aliphatic carbocycles. The van der Waals surface area contributed by atoms with Gasteiger partial charge in [-0.1, -0.05) is 0 Å². The van der Waals surface area contributed by atoms with Crippen LogP contribution in [0.4, 0.5) is 11.5 Å². The van der Waals surface area contributed by atoms with Crippen LogP contribution in [-0.2, 0) is 11.3 Å². The highest BCUT2D eigenvalue weighted by Crippen LogP contribution is 2.32. The van der Waals surface area contributed by atoms with E-state index in [1.54, 1.807) is 18.1 Å². The van der Waals surface area contributed by atoms with E-state index in [-0.39, 0.29) is 5.91 Å². The van der Waals surface area contributed by atoms with E-state index in [0.717, 1.165) is 53.0 Å². The van der Waals surface area contributed by atoms with Crippen molar-refractivity contribution in [2.24, 2.45) is 5.73 Å². The molecule has 5 rings (SSSR count). The second kappa shape index (κ2) is 7.78. The Bertz CT molecular complexity index is 1130. The number of hydrogen-bond acceptors (Lipinski definition) is 7. The van der Waals surface area contributed by atoms with Gasteiger partial charge in [0, 0.05) is 34.7 Å². The number of nitrogens with two attached hydrogens (primary N) is 1. The van der Waals surface area contributed by atoms with Crippen LogP contribution in [0, 0.1) is 6.92 Å². The standard InChI is InChI=1S/C21H24N8OS/c1-14-11-17(27-26-14)25-19-13-28(12-18-23-9-10-29(18)19)31-16-5-3-15(4-6-16)24-20(30)21(22)7-2-8-21/h3-6,9-11,13H,2,7-8,12,22H2,1H3,(H,24,30)(H2,25,26,27). The minimum atomic E-state index is -0.704. The molecule has 1 amide bonds. The molecule has 0 atom stereocenters. The molecule has 2 aromatic heterocycles. The first-order valence-corrected chi connectivity index (χ1v) is 10.9. The Kier molecular flexibility index (Phi) is 4.95. The van der Waals surface area contributed by atoms with Crippen LogP contribution in [0.1, 0.15) is 30.8 Å². The number of rotatable bonds is 6. The number of anilines is 2. The van der Waals surface area contributed by atoms with Crippen LogP contribution >= 0.6 is 11.9 Å². The maximum Gasteiger partial charge on any atom is 0.244 e. The molecule has 1 aliphatic heterocycles. The zero-order valence-corrected chi connectivity index (χ0v) is 17.9. The number of aromatic nitrogens is 4. The number of H-pyrrole nitrogens is 1. The van der Waals surface area contributed by atoms with Crippen molar-refractivity contribution in [3.8, 4) is 0 Å². The fourth-order valence-corrected chi connectivity index (χ4v) is 4.45. The zero-order valence-electron chi connectivity index (χ0n) is 17.1. The quantitative estimate of drug-likeness (QED) is 0.439. The van der Waals surface area contributed by atoms with Crippen molar-refractivity contribution < 1.29 is 4.79 Å². The largest absolute Gasteiger partial charge is 0.324 e. The van der Waals surface area contributed by atoms with Crippen molar-refractivity contribution in [3.63, 3.8) is 0 Å². The van der Waals surface area contributed by atoms with Crippen molar-refractivity contribution in [1.82, 2.24) is 24.1 Å². The Morgan fingerprint density at radius 2 is 2.10 bits per heavy atom. The summed E-state index contributed by atoms with van der Waals surface area (Å²) in [6.07, 6.45) is 8.26. The molecular formula is C21H24N8OS. The predicted octanol–water partition coefficient (Wildman–Crippen LogP) is 3.13. The van der Waals surface area contributed by atoms with Gasteiger partial charge < -0.3 is 20.7 Å². The lowest BCUT2D eigenvalue weighted by Gasteiger charge is -2.36. The fraction of sp³-hybridized carbons (Fsp3) is 0.286. The summed E-state index contributed by atoms with van der Waals surface area (Å²) in [5, 5.41) is 13.5. The third-order valence-corrected chi connectivity index (χ3v) is 6.49. The van der Waals surface area contributed by atoms with Crippen LogP contribution in [0.3, 0.4) is 0 Å². The summed E-state index contributed by atoms with van der Waals surface area (Å²) in [5.41, 5.74) is 7.14. The zero-order chi connectivity index (χ0) is 21.4. The molecule has 9 nitrogen and oxygen atoms in total. The number of aromatic amines is 1. The van der Waals surface area contributed by atoms with Crippen molar-refractivity contribution in [2.75, 3.05) is 10.6 Å². The topological polar surface area (TPSA) is 117 Å². The number of hydrogen-bond donors (Lipinski definition) is 4. The van der Waals surface area contributed by atoms with E-state index in [9.17, 15) is 4.79 Å². The number of aryl methyl sites for hydroxylation is 1. The summed E-state index contributed by atoms with van der Waals surface area (Å²) in [6, 6.07) is 9.74. The molecule has 2 aliphatic rings. The van der Waals surface area contributed by atoms with Gasteiger partial charge in [-0.05, 0) is 62.4 Å². The summed E-state index contributed by atoms with van der Waals surface area (Å²) >= 11 is 1.60. The molecule has 10 heteroatoms. The summed E-state index contributed by atoms with van der Waals surface area (Å²) in [5.74, 6) is 2.45. The first-order chi connectivity index (χ1) is 15.0. The maximum absolute atomic E-state index is 12.3. The van der Waals surface area contributed by atoms with Gasteiger partial charge in [-0.3, -0.25) is 14.5 Å². The number of nitrogens with zero attached hydrogens (tertiary/aromatic N) is 4. The molecule has 1 aromatic carbocycles. The number of fused-ring (bicyclic) bond motifs is 1. The third-order valence-electron chi connectivity index (χ3n) is 5.54. The van der Waals surface area contributed by atoms with Gasteiger partial charge in [0.25, 0.3) is 0 Å². The molecule has 31 heavy (non-hydrogen) atoms. The van der Waals surface area contributed by atoms with Gasteiger partial charge in [0.15, 0.2) is 5.82 Å². The van der Waals surface area contributed by atoms with Gasteiger partial charge in [-0.2, -0.15) is 5.10 Å². The molecule has 5 N–H and O–H groups in total. The van der Waals surface area contributed by atoms with Crippen molar-refractivity contribution >= 4 is 35.2 Å². The minimum Gasteiger partial charge on any atom is -0.324 e.